The molecule has 0 unspecified atom stereocenters. The average Bonchev–Trinajstić information content (AvgIpc) is 2.98. The lowest BCUT2D eigenvalue weighted by Gasteiger charge is -2.25. The van der Waals surface area contributed by atoms with E-state index in [1.54, 1.807) is 6.92 Å². The van der Waals surface area contributed by atoms with Gasteiger partial charge in [-0.25, -0.2) is 9.18 Å². The van der Waals surface area contributed by atoms with Crippen molar-refractivity contribution in [2.24, 2.45) is 0 Å². The average molecular weight is 410 g/mol. The number of benzene rings is 2. The molecule has 0 saturated carbocycles. The lowest BCUT2D eigenvalue weighted by molar-refractivity contribution is -0.137. The third kappa shape index (κ3) is 4.49. The number of carbonyl (C=O) groups is 2. The minimum atomic E-state index is -4.56. The second-order valence-electron chi connectivity index (χ2n) is 6.51. The lowest BCUT2D eigenvalue weighted by Crippen LogP contribution is -2.39. The first-order chi connectivity index (χ1) is 13.7. The molecule has 0 aromatic heterocycles. The summed E-state index contributed by atoms with van der Waals surface area (Å²) < 4.78 is 58.1. The highest BCUT2D eigenvalue weighted by atomic mass is 19.4. The lowest BCUT2D eigenvalue weighted by atomic mass is 9.94. The van der Waals surface area contributed by atoms with Gasteiger partial charge in [-0.2, -0.15) is 13.2 Å². The van der Waals surface area contributed by atoms with Gasteiger partial charge in [-0.05, 0) is 42.3 Å². The van der Waals surface area contributed by atoms with Crippen LogP contribution >= 0.6 is 0 Å². The SMILES string of the molecule is CCNC(=O)CN1C(=O)O[C@@H](c2cccc(C(F)(F)F)c2)[C@H]1c1ccc(F)cc1. The van der Waals surface area contributed by atoms with Gasteiger partial charge in [0.05, 0.1) is 5.56 Å². The third-order valence-corrected chi connectivity index (χ3v) is 4.53. The van der Waals surface area contributed by atoms with Gasteiger partial charge < -0.3 is 10.1 Å². The Labute approximate surface area is 164 Å². The van der Waals surface area contributed by atoms with Crippen LogP contribution in [0.3, 0.4) is 0 Å². The smallest absolute Gasteiger partial charge is 0.416 e. The topological polar surface area (TPSA) is 58.6 Å². The fourth-order valence-corrected chi connectivity index (χ4v) is 3.25. The molecule has 3 rings (SSSR count). The van der Waals surface area contributed by atoms with Gasteiger partial charge in [0.2, 0.25) is 5.91 Å². The monoisotopic (exact) mass is 410 g/mol. The molecule has 0 bridgehead atoms. The summed E-state index contributed by atoms with van der Waals surface area (Å²) in [4.78, 5) is 25.6. The molecule has 2 aromatic rings. The molecule has 9 heteroatoms. The number of nitrogens with zero attached hydrogens (tertiary/aromatic N) is 1. The summed E-state index contributed by atoms with van der Waals surface area (Å²) in [6.45, 7) is 1.72. The highest BCUT2D eigenvalue weighted by molar-refractivity contribution is 5.83. The van der Waals surface area contributed by atoms with Crippen molar-refractivity contribution in [2.45, 2.75) is 25.2 Å². The first-order valence-electron chi connectivity index (χ1n) is 8.87. The van der Waals surface area contributed by atoms with E-state index in [4.69, 9.17) is 4.74 Å². The summed E-state index contributed by atoms with van der Waals surface area (Å²) in [6, 6.07) is 8.73. The first kappa shape index (κ1) is 20.6. The summed E-state index contributed by atoms with van der Waals surface area (Å²) in [5.41, 5.74) is -0.323. The van der Waals surface area contributed by atoms with E-state index in [1.165, 1.54) is 36.4 Å². The number of halogens is 4. The number of hydrogen-bond acceptors (Lipinski definition) is 3. The maximum absolute atomic E-state index is 13.4. The van der Waals surface area contributed by atoms with Crippen LogP contribution in [-0.4, -0.2) is 30.0 Å². The van der Waals surface area contributed by atoms with Gasteiger partial charge in [-0.3, -0.25) is 9.69 Å². The summed E-state index contributed by atoms with van der Waals surface area (Å²) in [6.07, 6.45) is -6.50. The molecule has 0 aliphatic carbocycles. The molecule has 0 radical (unpaired) electrons. The van der Waals surface area contributed by atoms with Crippen LogP contribution in [0.15, 0.2) is 48.5 Å². The van der Waals surface area contributed by atoms with Crippen LogP contribution < -0.4 is 5.32 Å². The Morgan fingerprint density at radius 2 is 1.83 bits per heavy atom. The number of cyclic esters (lactones) is 1. The number of ether oxygens (including phenoxy) is 1. The molecule has 1 aliphatic rings. The van der Waals surface area contributed by atoms with E-state index < -0.39 is 41.7 Å². The Hall–Kier alpha value is -3.10. The largest absolute Gasteiger partial charge is 0.439 e. The molecule has 2 aromatic carbocycles. The highest BCUT2D eigenvalue weighted by Crippen LogP contribution is 2.44. The van der Waals surface area contributed by atoms with Crippen LogP contribution in [0.5, 0.6) is 0 Å². The number of nitrogens with one attached hydrogen (secondary N) is 1. The fourth-order valence-electron chi connectivity index (χ4n) is 3.25. The summed E-state index contributed by atoms with van der Waals surface area (Å²) >= 11 is 0. The van der Waals surface area contributed by atoms with Crippen molar-refractivity contribution in [1.29, 1.82) is 0 Å². The summed E-state index contributed by atoms with van der Waals surface area (Å²) in [7, 11) is 0. The zero-order valence-electron chi connectivity index (χ0n) is 15.4. The number of rotatable bonds is 5. The third-order valence-electron chi connectivity index (χ3n) is 4.53. The van der Waals surface area contributed by atoms with Crippen molar-refractivity contribution in [3.63, 3.8) is 0 Å². The second-order valence-corrected chi connectivity index (χ2v) is 6.51. The maximum Gasteiger partial charge on any atom is 0.416 e. The van der Waals surface area contributed by atoms with Gasteiger partial charge in [0.25, 0.3) is 0 Å². The quantitative estimate of drug-likeness (QED) is 0.752. The molecule has 29 heavy (non-hydrogen) atoms. The van der Waals surface area contributed by atoms with Crippen LogP contribution in [0.25, 0.3) is 0 Å². The van der Waals surface area contributed by atoms with E-state index in [0.29, 0.717) is 12.1 Å². The van der Waals surface area contributed by atoms with Gasteiger partial charge in [-0.15, -0.1) is 0 Å². The maximum atomic E-state index is 13.4. The number of likely N-dealkylation sites (N-methyl/N-ethyl adjacent to an activating group) is 1. The predicted octanol–water partition coefficient (Wildman–Crippen LogP) is 4.22. The molecule has 2 atom stereocenters. The van der Waals surface area contributed by atoms with Crippen LogP contribution in [0.2, 0.25) is 0 Å². The van der Waals surface area contributed by atoms with Gasteiger partial charge >= 0.3 is 12.3 Å². The van der Waals surface area contributed by atoms with Gasteiger partial charge in [0.15, 0.2) is 6.10 Å². The first-order valence-corrected chi connectivity index (χ1v) is 8.87. The zero-order valence-corrected chi connectivity index (χ0v) is 15.4. The summed E-state index contributed by atoms with van der Waals surface area (Å²) in [5.74, 6) is -0.953. The van der Waals surface area contributed by atoms with Crippen molar-refractivity contribution < 1.29 is 31.9 Å². The molecule has 1 aliphatic heterocycles. The molecular formula is C20H18F4N2O3. The zero-order chi connectivity index (χ0) is 21.2. The molecule has 1 N–H and O–H groups in total. The normalized spacial score (nSPS) is 19.2. The Balaban J connectivity index is 2.02. The van der Waals surface area contributed by atoms with E-state index in [-0.39, 0.29) is 12.1 Å². The van der Waals surface area contributed by atoms with Gasteiger partial charge in [0.1, 0.15) is 18.4 Å². The minimum absolute atomic E-state index is 0.126. The van der Waals surface area contributed by atoms with E-state index in [0.717, 1.165) is 17.0 Å². The van der Waals surface area contributed by atoms with Crippen molar-refractivity contribution >= 4 is 12.0 Å². The van der Waals surface area contributed by atoms with E-state index in [9.17, 15) is 27.2 Å². The Morgan fingerprint density at radius 1 is 1.14 bits per heavy atom. The second kappa shape index (κ2) is 8.10. The Kier molecular flexibility index (Phi) is 5.76. The molecule has 1 saturated heterocycles. The number of alkyl halides is 3. The Morgan fingerprint density at radius 3 is 2.45 bits per heavy atom. The number of hydrogen-bond donors (Lipinski definition) is 1. The molecule has 5 nitrogen and oxygen atoms in total. The number of amides is 2. The molecular weight excluding hydrogens is 392 g/mol. The van der Waals surface area contributed by atoms with Crippen molar-refractivity contribution in [2.75, 3.05) is 13.1 Å². The van der Waals surface area contributed by atoms with Crippen LogP contribution in [0.1, 0.15) is 35.8 Å². The standard InChI is InChI=1S/C20H18F4N2O3/c1-2-25-16(27)11-26-17(12-6-8-15(21)9-7-12)18(29-19(26)28)13-4-3-5-14(10-13)20(22,23)24/h3-10,17-18H,2,11H2,1H3,(H,25,27)/t17-,18+/m1/s1. The summed E-state index contributed by atoms with van der Waals surface area (Å²) in [5, 5.41) is 2.56. The van der Waals surface area contributed by atoms with Crippen LogP contribution in [-0.2, 0) is 15.7 Å². The van der Waals surface area contributed by atoms with E-state index in [1.807, 2.05) is 0 Å². The van der Waals surface area contributed by atoms with Gasteiger partial charge in [-0.1, -0.05) is 24.3 Å². The van der Waals surface area contributed by atoms with Gasteiger partial charge in [0, 0.05) is 6.54 Å². The fraction of sp³-hybridized carbons (Fsp3) is 0.300. The number of carbonyl (C=O) groups excluding carboxylic acids is 2. The predicted molar refractivity (Wildman–Crippen MR) is 95.2 cm³/mol. The van der Waals surface area contributed by atoms with Crippen molar-refractivity contribution in [3.05, 3.63) is 71.0 Å². The van der Waals surface area contributed by atoms with Crippen LogP contribution in [0, 0.1) is 5.82 Å². The van der Waals surface area contributed by atoms with Crippen molar-refractivity contribution in [3.8, 4) is 0 Å². The molecule has 2 amide bonds. The van der Waals surface area contributed by atoms with Crippen molar-refractivity contribution in [1.82, 2.24) is 10.2 Å². The molecule has 1 heterocycles. The molecule has 1 fully saturated rings. The highest BCUT2D eigenvalue weighted by Gasteiger charge is 2.45. The Bertz CT molecular complexity index is 899. The van der Waals surface area contributed by atoms with E-state index >= 15 is 0 Å². The molecule has 0 spiro atoms. The minimum Gasteiger partial charge on any atom is -0.439 e. The molecule has 154 valence electrons. The van der Waals surface area contributed by atoms with E-state index in [2.05, 4.69) is 5.32 Å². The van der Waals surface area contributed by atoms with Crippen LogP contribution in [0.4, 0.5) is 22.4 Å².